The number of likely N-dealkylation sites (tertiary alicyclic amines) is 1. The molecule has 1 fully saturated rings. The molecule has 0 aromatic heterocycles. The van der Waals surface area contributed by atoms with Gasteiger partial charge in [-0.05, 0) is 18.6 Å². The predicted octanol–water partition coefficient (Wildman–Crippen LogP) is 2.61. The van der Waals surface area contributed by atoms with Gasteiger partial charge < -0.3 is 9.64 Å². The molecule has 1 atom stereocenters. The predicted molar refractivity (Wildman–Crippen MR) is 78.2 cm³/mol. The highest BCUT2D eigenvalue weighted by atomic mass is 32.1. The Hall–Kier alpha value is -2.07. The van der Waals surface area contributed by atoms with E-state index in [0.29, 0.717) is 13.0 Å². The van der Waals surface area contributed by atoms with E-state index in [1.165, 1.54) is 19.2 Å². The Morgan fingerprint density at radius 1 is 1.50 bits per heavy atom. The first-order chi connectivity index (χ1) is 10.3. The summed E-state index contributed by atoms with van der Waals surface area (Å²) in [5.41, 5.74) is -0.952. The highest BCUT2D eigenvalue weighted by Crippen LogP contribution is 2.33. The van der Waals surface area contributed by atoms with Crippen LogP contribution in [0.3, 0.4) is 0 Å². The molecule has 0 spiro atoms. The van der Waals surface area contributed by atoms with Crippen molar-refractivity contribution < 1.29 is 22.7 Å². The van der Waals surface area contributed by atoms with Gasteiger partial charge in [0.15, 0.2) is 0 Å². The molecule has 0 amide bonds. The molecule has 1 heterocycles. The van der Waals surface area contributed by atoms with Crippen molar-refractivity contribution in [3.05, 3.63) is 34.9 Å². The minimum absolute atomic E-state index is 0.177. The molecule has 1 aromatic rings. The monoisotopic (exact) mass is 327 g/mol. The van der Waals surface area contributed by atoms with Crippen LogP contribution in [0.4, 0.5) is 13.2 Å². The Bertz CT molecular complexity index is 664. The fraction of sp³-hybridized carbons (Fsp3) is 0.333. The Morgan fingerprint density at radius 3 is 2.64 bits per heavy atom. The third-order valence-electron chi connectivity index (χ3n) is 3.48. The summed E-state index contributed by atoms with van der Waals surface area (Å²) in [5.74, 6) is 1.56. The second-order valence-electron chi connectivity index (χ2n) is 4.73. The fourth-order valence-electron chi connectivity index (χ4n) is 2.22. The smallest absolute Gasteiger partial charge is 0.417 e. The number of halogens is 3. The molecule has 7 heteroatoms. The van der Waals surface area contributed by atoms with Gasteiger partial charge in [0.2, 0.25) is 0 Å². The molecule has 1 aliphatic heterocycles. The Kier molecular flexibility index (Phi) is 4.42. The number of nitrogens with zero attached hydrogens (tertiary/aromatic N) is 1. The Balaban J connectivity index is 2.32. The maximum absolute atomic E-state index is 13.0. The van der Waals surface area contributed by atoms with Crippen LogP contribution < -0.4 is 0 Å². The largest absolute Gasteiger partial charge is 0.467 e. The molecule has 1 aliphatic rings. The topological polar surface area (TPSA) is 29.5 Å². The van der Waals surface area contributed by atoms with Crippen molar-refractivity contribution in [3.8, 4) is 12.3 Å². The van der Waals surface area contributed by atoms with Gasteiger partial charge in [-0.15, -0.1) is 6.42 Å². The van der Waals surface area contributed by atoms with E-state index in [4.69, 9.17) is 18.6 Å². The van der Waals surface area contributed by atoms with Crippen LogP contribution in [0.25, 0.3) is 0 Å². The van der Waals surface area contributed by atoms with Crippen molar-refractivity contribution in [2.24, 2.45) is 0 Å². The zero-order chi connectivity index (χ0) is 16.5. The van der Waals surface area contributed by atoms with Gasteiger partial charge in [0.1, 0.15) is 11.0 Å². The molecule has 0 N–H and O–H groups in total. The number of carbonyl (C=O) groups excluding carboxylic acids is 1. The number of carbonyl (C=O) groups is 1. The second kappa shape index (κ2) is 5.97. The number of esters is 1. The van der Waals surface area contributed by atoms with Gasteiger partial charge >= 0.3 is 12.1 Å². The van der Waals surface area contributed by atoms with Gasteiger partial charge in [0, 0.05) is 17.7 Å². The molecular weight excluding hydrogens is 315 g/mol. The number of hydrogen-bond acceptors (Lipinski definition) is 3. The molecule has 1 saturated heterocycles. The average molecular weight is 327 g/mol. The number of alkyl halides is 3. The van der Waals surface area contributed by atoms with Crippen molar-refractivity contribution in [2.45, 2.75) is 18.6 Å². The van der Waals surface area contributed by atoms with Crippen LogP contribution in [0.1, 0.15) is 23.1 Å². The van der Waals surface area contributed by atoms with E-state index in [1.54, 1.807) is 4.90 Å². The third kappa shape index (κ3) is 2.92. The quantitative estimate of drug-likeness (QED) is 0.474. The summed E-state index contributed by atoms with van der Waals surface area (Å²) in [6.45, 7) is 0.497. The number of methoxy groups -OCH3 is 1. The highest BCUT2D eigenvalue weighted by molar-refractivity contribution is 7.80. The van der Waals surface area contributed by atoms with E-state index < -0.39 is 23.8 Å². The Labute approximate surface area is 131 Å². The summed E-state index contributed by atoms with van der Waals surface area (Å²) < 4.78 is 43.7. The van der Waals surface area contributed by atoms with Gasteiger partial charge in [-0.1, -0.05) is 24.2 Å². The van der Waals surface area contributed by atoms with E-state index in [1.807, 2.05) is 5.92 Å². The summed E-state index contributed by atoms with van der Waals surface area (Å²) in [6, 6.07) is 3.01. The lowest BCUT2D eigenvalue weighted by molar-refractivity contribution is -0.148. The van der Waals surface area contributed by atoms with Crippen LogP contribution in [0.5, 0.6) is 0 Å². The number of benzene rings is 1. The van der Waals surface area contributed by atoms with Gasteiger partial charge in [0.25, 0.3) is 0 Å². The van der Waals surface area contributed by atoms with Crippen molar-refractivity contribution in [1.29, 1.82) is 0 Å². The fourth-order valence-corrected chi connectivity index (χ4v) is 2.56. The number of thiocarbonyl (C=S) groups is 1. The van der Waals surface area contributed by atoms with Crippen LogP contribution in [-0.2, 0) is 15.7 Å². The Morgan fingerprint density at radius 2 is 2.18 bits per heavy atom. The first-order valence-corrected chi connectivity index (χ1v) is 6.77. The van der Waals surface area contributed by atoms with Crippen LogP contribution in [0.2, 0.25) is 0 Å². The maximum Gasteiger partial charge on any atom is 0.417 e. The molecule has 116 valence electrons. The average Bonchev–Trinajstić information content (AvgIpc) is 2.44. The third-order valence-corrected chi connectivity index (χ3v) is 3.95. The molecule has 0 aliphatic carbocycles. The van der Waals surface area contributed by atoms with E-state index >= 15 is 0 Å². The molecule has 1 aromatic carbocycles. The van der Waals surface area contributed by atoms with Crippen LogP contribution in [0, 0.1) is 12.3 Å². The first-order valence-electron chi connectivity index (χ1n) is 6.36. The zero-order valence-corrected chi connectivity index (χ0v) is 12.4. The molecule has 22 heavy (non-hydrogen) atoms. The lowest BCUT2D eigenvalue weighted by atomic mass is 9.99. The normalized spacial score (nSPS) is 17.4. The second-order valence-corrected chi connectivity index (χ2v) is 5.12. The van der Waals surface area contributed by atoms with Crippen molar-refractivity contribution >= 4 is 23.2 Å². The lowest BCUT2D eigenvalue weighted by Gasteiger charge is -2.40. The summed E-state index contributed by atoms with van der Waals surface area (Å²) in [4.78, 5) is 13.3. The van der Waals surface area contributed by atoms with Crippen molar-refractivity contribution in [3.63, 3.8) is 0 Å². The number of rotatable bonds is 2. The molecule has 0 bridgehead atoms. The molecule has 0 unspecified atom stereocenters. The van der Waals surface area contributed by atoms with E-state index in [-0.39, 0.29) is 16.1 Å². The maximum atomic E-state index is 13.0. The summed E-state index contributed by atoms with van der Waals surface area (Å²) in [5, 5.41) is 0. The SMILES string of the molecule is C#Cc1ccc(C(=S)N2CC[C@@H]2C(=O)OC)cc1C(F)(F)F. The summed E-state index contributed by atoms with van der Waals surface area (Å²) in [6.07, 6.45) is 1.09. The summed E-state index contributed by atoms with van der Waals surface area (Å²) in [7, 11) is 1.26. The van der Waals surface area contributed by atoms with E-state index in [2.05, 4.69) is 4.74 Å². The van der Waals surface area contributed by atoms with E-state index in [0.717, 1.165) is 6.07 Å². The van der Waals surface area contributed by atoms with Crippen LogP contribution >= 0.6 is 12.2 Å². The van der Waals surface area contributed by atoms with Crippen molar-refractivity contribution in [2.75, 3.05) is 13.7 Å². The number of hydrogen-bond donors (Lipinski definition) is 0. The molecule has 3 nitrogen and oxygen atoms in total. The zero-order valence-electron chi connectivity index (χ0n) is 11.6. The van der Waals surface area contributed by atoms with Gasteiger partial charge in [-0.2, -0.15) is 13.2 Å². The lowest BCUT2D eigenvalue weighted by Crippen LogP contribution is -2.55. The van der Waals surface area contributed by atoms with Crippen molar-refractivity contribution in [1.82, 2.24) is 4.90 Å². The van der Waals surface area contributed by atoms with Crippen LogP contribution in [0.15, 0.2) is 18.2 Å². The van der Waals surface area contributed by atoms with Crippen LogP contribution in [-0.4, -0.2) is 35.6 Å². The van der Waals surface area contributed by atoms with Gasteiger partial charge in [-0.3, -0.25) is 0 Å². The first kappa shape index (κ1) is 16.3. The molecule has 2 rings (SSSR count). The number of ether oxygens (including phenoxy) is 1. The highest BCUT2D eigenvalue weighted by Gasteiger charge is 2.38. The minimum Gasteiger partial charge on any atom is -0.467 e. The molecular formula is C15H12F3NO2S. The van der Waals surface area contributed by atoms with E-state index in [9.17, 15) is 18.0 Å². The number of terminal acetylenes is 1. The van der Waals surface area contributed by atoms with Gasteiger partial charge in [-0.25, -0.2) is 4.79 Å². The minimum atomic E-state index is -4.57. The summed E-state index contributed by atoms with van der Waals surface area (Å²) >= 11 is 5.20. The molecule has 0 saturated carbocycles. The standard InChI is InChI=1S/C15H12F3NO2S/c1-3-9-4-5-10(8-11(9)15(16,17)18)13(22)19-7-6-12(19)14(20)21-2/h1,4-5,8,12H,6-7H2,2H3/t12-/m1/s1. The van der Waals surface area contributed by atoms with Gasteiger partial charge in [0.05, 0.1) is 12.7 Å². The molecule has 0 radical (unpaired) electrons.